The molecule has 2 saturated carbocycles. The Balaban J connectivity index is 1.18. The zero-order valence-corrected chi connectivity index (χ0v) is 18.5. The van der Waals surface area contributed by atoms with Crippen LogP contribution in [0.3, 0.4) is 0 Å². The molecule has 3 N–H and O–H groups in total. The summed E-state index contributed by atoms with van der Waals surface area (Å²) in [5.74, 6) is -3.42. The number of amides is 2. The zero-order chi connectivity index (χ0) is 25.0. The molecular weight excluding hydrogens is 465 g/mol. The number of carbonyl (C=O) groups is 3. The van der Waals surface area contributed by atoms with Gasteiger partial charge >= 0.3 is 18.2 Å². The maximum atomic E-state index is 12.9. The van der Waals surface area contributed by atoms with Crippen molar-refractivity contribution in [2.45, 2.75) is 43.4 Å². The number of carboxylic acids is 1. The molecule has 0 aliphatic heterocycles. The molecule has 2 aromatic carbocycles. The summed E-state index contributed by atoms with van der Waals surface area (Å²) in [6.07, 6.45) is -4.84. The third-order valence-corrected chi connectivity index (χ3v) is 7.38. The fraction of sp³-hybridized carbons (Fsp3) is 0.400. The van der Waals surface area contributed by atoms with Crippen LogP contribution in [0, 0.1) is 11.3 Å². The molecule has 4 atom stereocenters. The van der Waals surface area contributed by atoms with Gasteiger partial charge in [0.25, 0.3) is 0 Å². The SMILES string of the molecule is O=C(N[C@@H]1C[C@H]2C[C@@]2(C(=O)NC(C(=O)O)C(F)(F)F)C1)OCC1c2ccccc2-c2ccccc21. The van der Waals surface area contributed by atoms with Gasteiger partial charge in [0.1, 0.15) is 6.61 Å². The van der Waals surface area contributed by atoms with Gasteiger partial charge in [-0.15, -0.1) is 0 Å². The maximum Gasteiger partial charge on any atom is 0.419 e. The minimum atomic E-state index is -5.10. The van der Waals surface area contributed by atoms with Crippen molar-refractivity contribution in [3.8, 4) is 11.1 Å². The second-order valence-electron chi connectivity index (χ2n) is 9.45. The van der Waals surface area contributed by atoms with Gasteiger partial charge in [-0.25, -0.2) is 9.59 Å². The molecule has 1 unspecified atom stereocenters. The van der Waals surface area contributed by atoms with E-state index in [4.69, 9.17) is 9.84 Å². The fourth-order valence-corrected chi connectivity index (χ4v) is 5.65. The van der Waals surface area contributed by atoms with E-state index in [1.54, 1.807) is 5.32 Å². The molecule has 2 fully saturated rings. The molecule has 184 valence electrons. The lowest BCUT2D eigenvalue weighted by molar-refractivity contribution is -0.182. The highest BCUT2D eigenvalue weighted by Crippen LogP contribution is 2.63. The molecule has 0 bridgehead atoms. The first kappa shape index (κ1) is 23.2. The molecule has 3 aliphatic carbocycles. The Morgan fingerprint density at radius 1 is 1.03 bits per heavy atom. The van der Waals surface area contributed by atoms with Crippen molar-refractivity contribution >= 4 is 18.0 Å². The average molecular weight is 488 g/mol. The van der Waals surface area contributed by atoms with Crippen LogP contribution >= 0.6 is 0 Å². The molecule has 35 heavy (non-hydrogen) atoms. The molecule has 0 radical (unpaired) electrons. The van der Waals surface area contributed by atoms with Crippen molar-refractivity contribution in [1.82, 2.24) is 10.6 Å². The first-order chi connectivity index (χ1) is 16.6. The van der Waals surface area contributed by atoms with Gasteiger partial charge in [0.05, 0.1) is 5.41 Å². The molecule has 0 aromatic heterocycles. The first-order valence-electron chi connectivity index (χ1n) is 11.3. The van der Waals surface area contributed by atoms with Crippen molar-refractivity contribution < 1.29 is 37.4 Å². The number of hydrogen-bond acceptors (Lipinski definition) is 4. The minimum absolute atomic E-state index is 0.113. The molecule has 3 aliphatic rings. The van der Waals surface area contributed by atoms with Crippen molar-refractivity contribution in [2.24, 2.45) is 11.3 Å². The lowest BCUT2D eigenvalue weighted by atomic mass is 9.98. The van der Waals surface area contributed by atoms with Crippen molar-refractivity contribution in [3.63, 3.8) is 0 Å². The van der Waals surface area contributed by atoms with Crippen LogP contribution in [0.1, 0.15) is 36.3 Å². The molecule has 5 rings (SSSR count). The topological polar surface area (TPSA) is 105 Å². The van der Waals surface area contributed by atoms with E-state index >= 15 is 0 Å². The van der Waals surface area contributed by atoms with E-state index < -0.39 is 41.6 Å². The van der Waals surface area contributed by atoms with Crippen LogP contribution in [0.2, 0.25) is 0 Å². The number of hydrogen-bond donors (Lipinski definition) is 3. The fourth-order valence-electron chi connectivity index (χ4n) is 5.65. The molecule has 2 amide bonds. The van der Waals surface area contributed by atoms with E-state index in [1.165, 1.54) is 0 Å². The number of carbonyl (C=O) groups excluding carboxylic acids is 2. The predicted molar refractivity (Wildman–Crippen MR) is 117 cm³/mol. The molecule has 10 heteroatoms. The molecular formula is C25H23F3N2O5. The van der Waals surface area contributed by atoms with Gasteiger partial charge in [0.15, 0.2) is 0 Å². The van der Waals surface area contributed by atoms with Crippen molar-refractivity contribution in [2.75, 3.05) is 6.61 Å². The molecule has 0 spiro atoms. The maximum absolute atomic E-state index is 12.9. The van der Waals surface area contributed by atoms with Crippen LogP contribution in [0.5, 0.6) is 0 Å². The Morgan fingerprint density at radius 3 is 2.20 bits per heavy atom. The van der Waals surface area contributed by atoms with Crippen molar-refractivity contribution in [3.05, 3.63) is 59.7 Å². The normalized spacial score (nSPS) is 25.1. The summed E-state index contributed by atoms with van der Waals surface area (Å²) in [4.78, 5) is 36.0. The number of aliphatic carboxylic acids is 1. The van der Waals surface area contributed by atoms with Gasteiger partial charge in [-0.05, 0) is 47.4 Å². The standard InChI is InChI=1S/C25H23F3N2O5/c26-25(27,28)20(21(31)32)30-22(33)24-10-13(24)9-14(11-24)29-23(34)35-12-19-17-7-3-1-5-15(17)16-6-2-4-8-18(16)19/h1-8,13-14,19-20H,9-12H2,(H,29,34)(H,30,33)(H,31,32)/t13-,14+,20?,24+/m0/s1. The molecule has 0 heterocycles. The average Bonchev–Trinajstić information content (AvgIpc) is 3.23. The van der Waals surface area contributed by atoms with Crippen molar-refractivity contribution in [1.29, 1.82) is 0 Å². The molecule has 2 aromatic rings. The van der Waals surface area contributed by atoms with Gasteiger partial charge in [0.2, 0.25) is 11.9 Å². The van der Waals surface area contributed by atoms with Gasteiger partial charge in [-0.3, -0.25) is 4.79 Å². The minimum Gasteiger partial charge on any atom is -0.479 e. The summed E-state index contributed by atoms with van der Waals surface area (Å²) in [6.45, 7) is 0.119. The van der Waals surface area contributed by atoms with E-state index in [0.29, 0.717) is 12.8 Å². The van der Waals surface area contributed by atoms with E-state index in [1.807, 2.05) is 48.5 Å². The van der Waals surface area contributed by atoms with Gasteiger partial charge in [-0.1, -0.05) is 48.5 Å². The zero-order valence-electron chi connectivity index (χ0n) is 18.5. The third-order valence-electron chi connectivity index (χ3n) is 7.38. The second kappa shape index (κ2) is 8.28. The summed E-state index contributed by atoms with van der Waals surface area (Å²) in [5.41, 5.74) is 3.24. The number of carboxylic acid groups (broad SMARTS) is 1. The highest BCUT2D eigenvalue weighted by Gasteiger charge is 2.66. The van der Waals surface area contributed by atoms with E-state index in [0.717, 1.165) is 22.3 Å². The van der Waals surface area contributed by atoms with E-state index in [9.17, 15) is 27.6 Å². The van der Waals surface area contributed by atoms with Crippen LogP contribution in [-0.2, 0) is 14.3 Å². The van der Waals surface area contributed by atoms with Gasteiger partial charge in [0, 0.05) is 12.0 Å². The van der Waals surface area contributed by atoms with Crippen LogP contribution in [0.25, 0.3) is 11.1 Å². The quantitative estimate of drug-likeness (QED) is 0.574. The largest absolute Gasteiger partial charge is 0.479 e. The lowest BCUT2D eigenvalue weighted by Crippen LogP contribution is -2.53. The van der Waals surface area contributed by atoms with E-state index in [2.05, 4.69) is 5.32 Å². The number of nitrogens with one attached hydrogen (secondary N) is 2. The van der Waals surface area contributed by atoms with Crippen LogP contribution in [0.15, 0.2) is 48.5 Å². The van der Waals surface area contributed by atoms with E-state index in [-0.39, 0.29) is 24.9 Å². The number of rotatable bonds is 6. The smallest absolute Gasteiger partial charge is 0.419 e. The Hall–Kier alpha value is -3.56. The summed E-state index contributed by atoms with van der Waals surface area (Å²) >= 11 is 0. The summed E-state index contributed by atoms with van der Waals surface area (Å²) in [5, 5.41) is 13.2. The number of alkyl carbamates (subject to hydrolysis) is 1. The summed E-state index contributed by atoms with van der Waals surface area (Å²) in [6, 6.07) is 12.4. The van der Waals surface area contributed by atoms with Crippen LogP contribution in [0.4, 0.5) is 18.0 Å². The second-order valence-corrected chi connectivity index (χ2v) is 9.45. The first-order valence-corrected chi connectivity index (χ1v) is 11.3. The van der Waals surface area contributed by atoms with Gasteiger partial charge in [-0.2, -0.15) is 13.2 Å². The number of ether oxygens (including phenoxy) is 1. The summed E-state index contributed by atoms with van der Waals surface area (Å²) in [7, 11) is 0. The number of benzene rings is 2. The lowest BCUT2D eigenvalue weighted by Gasteiger charge is -2.22. The van der Waals surface area contributed by atoms with Gasteiger partial charge < -0.3 is 20.5 Å². The Labute approximate surface area is 198 Å². The highest BCUT2D eigenvalue weighted by atomic mass is 19.4. The monoisotopic (exact) mass is 488 g/mol. The highest BCUT2D eigenvalue weighted by molar-refractivity contribution is 5.90. The number of alkyl halides is 3. The number of halogens is 3. The predicted octanol–water partition coefficient (Wildman–Crippen LogP) is 3.83. The molecule has 7 nitrogen and oxygen atoms in total. The third kappa shape index (κ3) is 4.11. The van der Waals surface area contributed by atoms with Crippen LogP contribution in [-0.4, -0.2) is 47.9 Å². The Kier molecular flexibility index (Phi) is 5.49. The summed E-state index contributed by atoms with van der Waals surface area (Å²) < 4.78 is 44.3. The Bertz CT molecular complexity index is 1150. The Morgan fingerprint density at radius 2 is 1.63 bits per heavy atom. The number of fused-ring (bicyclic) bond motifs is 4. The molecule has 0 saturated heterocycles. The van der Waals surface area contributed by atoms with Crippen LogP contribution < -0.4 is 10.6 Å².